The Kier molecular flexibility index (Phi) is 11.0. The van der Waals surface area contributed by atoms with E-state index < -0.39 is 70.4 Å². The van der Waals surface area contributed by atoms with Gasteiger partial charge in [-0.05, 0) is 0 Å². The van der Waals surface area contributed by atoms with Crippen molar-refractivity contribution in [3.63, 3.8) is 0 Å². The third-order valence-corrected chi connectivity index (χ3v) is 7.61. The van der Waals surface area contributed by atoms with Crippen LogP contribution in [-0.4, -0.2) is 55.7 Å². The summed E-state index contributed by atoms with van der Waals surface area (Å²) in [5.41, 5.74) is -24.6. The van der Waals surface area contributed by atoms with E-state index >= 15 is 0 Å². The van der Waals surface area contributed by atoms with Crippen LogP contribution in [0.2, 0.25) is 0 Å². The van der Waals surface area contributed by atoms with E-state index in [4.69, 9.17) is 0 Å². The van der Waals surface area contributed by atoms with Gasteiger partial charge in [-0.3, -0.25) is 0 Å². The van der Waals surface area contributed by atoms with Crippen molar-refractivity contribution >= 4 is 40.1 Å². The normalized spacial score (nSPS) is 14.8. The summed E-state index contributed by atoms with van der Waals surface area (Å²) in [4.78, 5) is 0. The van der Waals surface area contributed by atoms with Crippen molar-refractivity contribution in [1.29, 1.82) is 0 Å². The molecule has 0 saturated carbocycles. The summed E-state index contributed by atoms with van der Waals surface area (Å²) in [6.07, 6.45) is 0. The van der Waals surface area contributed by atoms with Gasteiger partial charge in [-0.2, -0.15) is 52.7 Å². The molecule has 2 N–H and O–H groups in total. The molecule has 27 heteroatoms. The van der Waals surface area contributed by atoms with E-state index in [1.807, 2.05) is 0 Å². The van der Waals surface area contributed by atoms with Crippen molar-refractivity contribution in [2.75, 3.05) is 0 Å². The first-order chi connectivity index (χ1) is 12.4. The number of rotatable bonds is 4. The van der Waals surface area contributed by atoms with Crippen LogP contribution in [0.1, 0.15) is 0 Å². The molecule has 0 aliphatic carbocycles. The van der Waals surface area contributed by atoms with Crippen molar-refractivity contribution in [3.8, 4) is 0 Å². The molecular weight excluding hydrogens is 619 g/mol. The van der Waals surface area contributed by atoms with E-state index in [0.29, 0.717) is 0 Å². The molecule has 0 aromatic carbocycles. The second-order valence-corrected chi connectivity index (χ2v) is 11.2. The largest absolute Gasteiger partial charge is 0.512 e. The van der Waals surface area contributed by atoms with Gasteiger partial charge in [-0.1, -0.05) is 8.25 Å². The third-order valence-electron chi connectivity index (χ3n) is 1.66. The minimum absolute atomic E-state index is 0. The number of sulfonamides is 4. The average molecular weight is 621 g/mol. The van der Waals surface area contributed by atoms with Gasteiger partial charge in [0.2, 0.25) is 0 Å². The van der Waals surface area contributed by atoms with Crippen LogP contribution in [-0.2, 0) is 56.9 Å². The zero-order chi connectivity index (χ0) is 25.4. The summed E-state index contributed by atoms with van der Waals surface area (Å²) in [6.45, 7) is 0. The average Bonchev–Trinajstić information content (AvgIpc) is 2.30. The quantitative estimate of drug-likeness (QED) is 0.431. The van der Waals surface area contributed by atoms with Crippen LogP contribution in [0, 0.1) is 0 Å². The topological polar surface area (TPSA) is 161 Å². The number of alkyl halides is 12. The fourth-order valence-corrected chi connectivity index (χ4v) is 4.30. The molecule has 0 aliphatic rings. The standard InChI is InChI=1S/2C2HF6NO4S2.Co/c2*3-1(4,5)14(10,11)9-15(12,13)2(6,7)8;/h2*9H;. The molecular formula is C4H2CoF12N2O8S4. The predicted molar refractivity (Wildman–Crippen MR) is 66.2 cm³/mol. The number of nitrogens with one attached hydrogen (secondary N) is 2. The zero-order valence-electron chi connectivity index (χ0n) is 12.8. The van der Waals surface area contributed by atoms with Crippen molar-refractivity contribution in [3.05, 3.63) is 0 Å². The second kappa shape index (κ2) is 9.71. The van der Waals surface area contributed by atoms with Gasteiger partial charge < -0.3 is 0 Å². The summed E-state index contributed by atoms with van der Waals surface area (Å²) >= 11 is 0. The van der Waals surface area contributed by atoms with Gasteiger partial charge in [0.1, 0.15) is 0 Å². The number of hydrogen-bond acceptors (Lipinski definition) is 8. The molecule has 0 rings (SSSR count). The van der Waals surface area contributed by atoms with E-state index in [-0.39, 0.29) is 16.8 Å². The smallest absolute Gasteiger partial charge is 0.202 e. The van der Waals surface area contributed by atoms with E-state index in [2.05, 4.69) is 0 Å². The monoisotopic (exact) mass is 621 g/mol. The summed E-state index contributed by atoms with van der Waals surface area (Å²) in [5, 5.41) is 0. The van der Waals surface area contributed by atoms with E-state index in [1.165, 1.54) is 0 Å². The Balaban J connectivity index is -0.000000490. The minimum Gasteiger partial charge on any atom is -0.202 e. The molecule has 0 aliphatic heterocycles. The Hall–Kier alpha value is -0.614. The molecule has 0 spiro atoms. The van der Waals surface area contributed by atoms with Gasteiger partial charge >= 0.3 is 62.1 Å². The first-order valence-corrected chi connectivity index (χ1v) is 11.2. The van der Waals surface area contributed by atoms with Crippen molar-refractivity contribution in [2.24, 2.45) is 0 Å². The fourth-order valence-electron chi connectivity index (χ4n) is 0.478. The summed E-state index contributed by atoms with van der Waals surface area (Å²) in [7, 11) is -26.4. The number of hydrogen-bond donors (Lipinski definition) is 2. The summed E-state index contributed by atoms with van der Waals surface area (Å²) < 4.78 is 217. The Labute approximate surface area is 173 Å². The van der Waals surface area contributed by atoms with Gasteiger partial charge in [0, 0.05) is 16.8 Å². The predicted octanol–water partition coefficient (Wildman–Crippen LogP) is 0.548. The zero-order valence-corrected chi connectivity index (χ0v) is 17.1. The minimum atomic E-state index is -6.60. The van der Waals surface area contributed by atoms with Gasteiger partial charge in [0.25, 0.3) is 0 Å². The van der Waals surface area contributed by atoms with Crippen LogP contribution < -0.4 is 8.25 Å². The molecule has 0 unspecified atom stereocenters. The Morgan fingerprint density at radius 3 is 0.516 bits per heavy atom. The molecule has 193 valence electrons. The van der Waals surface area contributed by atoms with Crippen LogP contribution in [0.15, 0.2) is 0 Å². The van der Waals surface area contributed by atoms with Crippen LogP contribution >= 0.6 is 0 Å². The SMILES string of the molecule is O=S(=O)(NS(=O)(=O)C(F)(F)F)C(F)(F)F.O=S(=O)(NS(=O)(=O)C(F)(F)F)C(F)(F)F.[Co]. The molecule has 31 heavy (non-hydrogen) atoms. The van der Waals surface area contributed by atoms with Crippen LogP contribution in [0.3, 0.4) is 0 Å². The maximum atomic E-state index is 11.5. The number of halogens is 12. The first-order valence-electron chi connectivity index (χ1n) is 5.23. The molecule has 10 nitrogen and oxygen atoms in total. The Bertz CT molecular complexity index is 862. The van der Waals surface area contributed by atoms with Crippen molar-refractivity contribution < 1.29 is 103 Å². The maximum absolute atomic E-state index is 11.5. The summed E-state index contributed by atoms with van der Waals surface area (Å²) in [6, 6.07) is 0. The van der Waals surface area contributed by atoms with Crippen LogP contribution in [0.5, 0.6) is 0 Å². The molecule has 0 saturated heterocycles. The molecule has 0 fully saturated rings. The van der Waals surface area contributed by atoms with Crippen LogP contribution in [0.25, 0.3) is 0 Å². The van der Waals surface area contributed by atoms with Crippen molar-refractivity contribution in [2.45, 2.75) is 22.0 Å². The molecule has 0 aromatic heterocycles. The molecule has 0 amide bonds. The van der Waals surface area contributed by atoms with Gasteiger partial charge in [0.05, 0.1) is 0 Å². The molecule has 0 bridgehead atoms. The first kappa shape index (κ1) is 35.0. The van der Waals surface area contributed by atoms with Crippen molar-refractivity contribution in [1.82, 2.24) is 8.25 Å². The maximum Gasteiger partial charge on any atom is 0.512 e. The molecule has 0 aromatic rings. The summed E-state index contributed by atoms with van der Waals surface area (Å²) in [5.74, 6) is 0. The Morgan fingerprint density at radius 2 is 0.452 bits per heavy atom. The second-order valence-electron chi connectivity index (χ2n) is 3.96. The fraction of sp³-hybridized carbons (Fsp3) is 1.00. The van der Waals surface area contributed by atoms with E-state index in [9.17, 15) is 86.4 Å². The molecule has 0 heterocycles. The van der Waals surface area contributed by atoms with Crippen LogP contribution in [0.4, 0.5) is 52.7 Å². The molecule has 0 atom stereocenters. The Morgan fingerprint density at radius 1 is 0.355 bits per heavy atom. The van der Waals surface area contributed by atoms with Gasteiger partial charge in [0.15, 0.2) is 0 Å². The van der Waals surface area contributed by atoms with E-state index in [0.717, 1.165) is 0 Å². The van der Waals surface area contributed by atoms with E-state index in [1.54, 1.807) is 0 Å². The third kappa shape index (κ3) is 9.82. The molecule has 1 radical (unpaired) electrons. The van der Waals surface area contributed by atoms with Gasteiger partial charge in [-0.15, -0.1) is 0 Å². The van der Waals surface area contributed by atoms with Gasteiger partial charge in [-0.25, -0.2) is 33.7 Å².